The van der Waals surface area contributed by atoms with Crippen molar-refractivity contribution in [2.24, 2.45) is 16.7 Å². The Labute approximate surface area is 188 Å². The fourth-order valence-electron chi connectivity index (χ4n) is 6.67. The normalized spacial score (nSPS) is 24.5. The first-order valence-corrected chi connectivity index (χ1v) is 12.4. The summed E-state index contributed by atoms with van der Waals surface area (Å²) in [6, 6.07) is 9.29. The Balaban J connectivity index is 1.44. The molecule has 0 bridgehead atoms. The van der Waals surface area contributed by atoms with Crippen LogP contribution in [0.25, 0.3) is 11.1 Å². The summed E-state index contributed by atoms with van der Waals surface area (Å²) in [5, 5.41) is 0. The second-order valence-corrected chi connectivity index (χ2v) is 12.1. The van der Waals surface area contributed by atoms with Gasteiger partial charge in [0.25, 0.3) is 0 Å². The average molecular weight is 421 g/mol. The van der Waals surface area contributed by atoms with Crippen LogP contribution in [0.4, 0.5) is 5.69 Å². The molecule has 0 radical (unpaired) electrons. The maximum atomic E-state index is 5.39. The number of hydrogen-bond donors (Lipinski definition) is 0. The summed E-state index contributed by atoms with van der Waals surface area (Å²) in [4.78, 5) is 5.37. The molecule has 0 atom stereocenters. The number of benzene rings is 1. The Morgan fingerprint density at radius 2 is 1.61 bits per heavy atom. The molecule has 3 heteroatoms. The van der Waals surface area contributed by atoms with Gasteiger partial charge in [-0.05, 0) is 78.0 Å². The summed E-state index contributed by atoms with van der Waals surface area (Å²) in [6.45, 7) is 15.9. The predicted octanol–water partition coefficient (Wildman–Crippen LogP) is 6.80. The van der Waals surface area contributed by atoms with Crippen LogP contribution in [-0.4, -0.2) is 37.6 Å². The molecule has 3 aliphatic rings. The van der Waals surface area contributed by atoms with E-state index in [0.29, 0.717) is 16.7 Å². The molecule has 1 saturated heterocycles. The molecule has 5 rings (SSSR count). The van der Waals surface area contributed by atoms with Crippen molar-refractivity contribution < 1.29 is 4.42 Å². The van der Waals surface area contributed by atoms with E-state index in [-0.39, 0.29) is 0 Å². The van der Waals surface area contributed by atoms with Gasteiger partial charge < -0.3 is 9.32 Å². The summed E-state index contributed by atoms with van der Waals surface area (Å²) in [7, 11) is 0. The molecule has 1 aliphatic heterocycles. The van der Waals surface area contributed by atoms with Crippen molar-refractivity contribution in [2.45, 2.75) is 65.7 Å². The molecule has 0 amide bonds. The summed E-state index contributed by atoms with van der Waals surface area (Å²) in [6.07, 6.45) is 10.4. The summed E-state index contributed by atoms with van der Waals surface area (Å²) >= 11 is 0. The van der Waals surface area contributed by atoms with Gasteiger partial charge in [0.2, 0.25) is 0 Å². The van der Waals surface area contributed by atoms with Crippen molar-refractivity contribution in [1.29, 1.82) is 0 Å². The van der Waals surface area contributed by atoms with Gasteiger partial charge in [-0.25, -0.2) is 0 Å². The first-order valence-electron chi connectivity index (χ1n) is 12.4. The molecule has 31 heavy (non-hydrogen) atoms. The topological polar surface area (TPSA) is 19.6 Å². The molecule has 1 aromatic heterocycles. The molecule has 1 aromatic carbocycles. The van der Waals surface area contributed by atoms with Gasteiger partial charge in [-0.2, -0.15) is 0 Å². The zero-order valence-electron chi connectivity index (χ0n) is 20.0. The second-order valence-electron chi connectivity index (χ2n) is 12.1. The molecule has 3 nitrogen and oxygen atoms in total. The first kappa shape index (κ1) is 21.1. The highest BCUT2D eigenvalue weighted by Crippen LogP contribution is 2.53. The van der Waals surface area contributed by atoms with Gasteiger partial charge in [0.15, 0.2) is 0 Å². The van der Waals surface area contributed by atoms with Crippen LogP contribution >= 0.6 is 0 Å². The van der Waals surface area contributed by atoms with Gasteiger partial charge in [-0.3, -0.25) is 4.90 Å². The van der Waals surface area contributed by atoms with E-state index in [4.69, 9.17) is 4.42 Å². The smallest absolute Gasteiger partial charge is 0.0980 e. The minimum atomic E-state index is 0.399. The highest BCUT2D eigenvalue weighted by atomic mass is 16.3. The van der Waals surface area contributed by atoms with Crippen LogP contribution in [0.5, 0.6) is 0 Å². The largest absolute Gasteiger partial charge is 0.472 e. The lowest BCUT2D eigenvalue weighted by atomic mass is 9.60. The monoisotopic (exact) mass is 420 g/mol. The van der Waals surface area contributed by atoms with Gasteiger partial charge >= 0.3 is 0 Å². The number of furan rings is 1. The van der Waals surface area contributed by atoms with Crippen LogP contribution in [0.15, 0.2) is 41.2 Å². The lowest BCUT2D eigenvalue weighted by molar-refractivity contribution is 0.0970. The summed E-state index contributed by atoms with van der Waals surface area (Å²) < 4.78 is 5.39. The SMILES string of the molecule is CC1(C)CC(c2ccc(-c3ccoc3)cc2N2CCN(CC3CC3)CC2)CC(C)(C)C1. The Morgan fingerprint density at radius 1 is 0.903 bits per heavy atom. The predicted molar refractivity (Wildman–Crippen MR) is 130 cm³/mol. The third-order valence-corrected chi connectivity index (χ3v) is 7.81. The van der Waals surface area contributed by atoms with E-state index < -0.39 is 0 Å². The van der Waals surface area contributed by atoms with Gasteiger partial charge in [0, 0.05) is 44.0 Å². The van der Waals surface area contributed by atoms with Crippen molar-refractivity contribution in [1.82, 2.24) is 4.90 Å². The highest BCUT2D eigenvalue weighted by molar-refractivity contribution is 5.71. The highest BCUT2D eigenvalue weighted by Gasteiger charge is 2.40. The van der Waals surface area contributed by atoms with Crippen LogP contribution in [-0.2, 0) is 0 Å². The first-order chi connectivity index (χ1) is 14.8. The third kappa shape index (κ3) is 4.87. The maximum absolute atomic E-state index is 5.39. The van der Waals surface area contributed by atoms with Crippen LogP contribution in [0.2, 0.25) is 0 Å². The molecule has 2 aromatic rings. The van der Waals surface area contributed by atoms with Crippen molar-refractivity contribution in [2.75, 3.05) is 37.6 Å². The standard InChI is InChI=1S/C28H40N2O/c1-27(2)16-24(17-28(3,4)20-27)25-8-7-22(23-9-14-31-19-23)15-26(25)30-12-10-29(11-13-30)18-21-5-6-21/h7-9,14-15,19,21,24H,5-6,10-13,16-18,20H2,1-4H3. The minimum Gasteiger partial charge on any atom is -0.472 e. The van der Waals surface area contributed by atoms with E-state index in [1.165, 1.54) is 68.6 Å². The maximum Gasteiger partial charge on any atom is 0.0980 e. The van der Waals surface area contributed by atoms with Crippen LogP contribution in [0.1, 0.15) is 71.3 Å². The van der Waals surface area contributed by atoms with Crippen LogP contribution < -0.4 is 4.90 Å². The number of nitrogens with zero attached hydrogens (tertiary/aromatic N) is 2. The van der Waals surface area contributed by atoms with E-state index in [0.717, 1.165) is 19.0 Å². The Kier molecular flexibility index (Phi) is 5.45. The fourth-order valence-corrected chi connectivity index (χ4v) is 6.67. The second kappa shape index (κ2) is 7.99. The molecule has 0 N–H and O–H groups in total. The molecular weight excluding hydrogens is 380 g/mol. The average Bonchev–Trinajstić information content (AvgIpc) is 3.34. The van der Waals surface area contributed by atoms with E-state index in [9.17, 15) is 0 Å². The number of anilines is 1. The Hall–Kier alpha value is -1.74. The van der Waals surface area contributed by atoms with Crippen molar-refractivity contribution >= 4 is 5.69 Å². The Bertz CT molecular complexity index is 870. The molecule has 2 saturated carbocycles. The van der Waals surface area contributed by atoms with Crippen molar-refractivity contribution in [3.8, 4) is 11.1 Å². The van der Waals surface area contributed by atoms with Crippen molar-refractivity contribution in [3.63, 3.8) is 0 Å². The van der Waals surface area contributed by atoms with Gasteiger partial charge in [0.05, 0.1) is 12.5 Å². The molecular formula is C28H40N2O. The number of piperazine rings is 1. The van der Waals surface area contributed by atoms with E-state index >= 15 is 0 Å². The van der Waals surface area contributed by atoms with E-state index in [1.54, 1.807) is 11.8 Å². The van der Waals surface area contributed by atoms with Crippen molar-refractivity contribution in [3.05, 3.63) is 42.4 Å². The number of hydrogen-bond acceptors (Lipinski definition) is 3. The van der Waals surface area contributed by atoms with E-state index in [2.05, 4.69) is 61.8 Å². The fraction of sp³-hybridized carbons (Fsp3) is 0.643. The molecule has 3 fully saturated rings. The lowest BCUT2D eigenvalue weighted by Crippen LogP contribution is -2.47. The molecule has 2 aliphatic carbocycles. The summed E-state index contributed by atoms with van der Waals surface area (Å²) in [5.74, 6) is 1.62. The third-order valence-electron chi connectivity index (χ3n) is 7.81. The quantitative estimate of drug-likeness (QED) is 0.530. The molecule has 168 valence electrons. The van der Waals surface area contributed by atoms with Crippen LogP contribution in [0, 0.1) is 16.7 Å². The Morgan fingerprint density at radius 3 is 2.23 bits per heavy atom. The lowest BCUT2D eigenvalue weighted by Gasteiger charge is -2.46. The number of rotatable bonds is 5. The van der Waals surface area contributed by atoms with Gasteiger partial charge in [-0.15, -0.1) is 0 Å². The van der Waals surface area contributed by atoms with Gasteiger partial charge in [0.1, 0.15) is 0 Å². The van der Waals surface area contributed by atoms with Crippen LogP contribution in [0.3, 0.4) is 0 Å². The summed E-state index contributed by atoms with van der Waals surface area (Å²) in [5.41, 5.74) is 6.31. The molecule has 2 heterocycles. The van der Waals surface area contributed by atoms with E-state index in [1.807, 2.05) is 6.26 Å². The van der Waals surface area contributed by atoms with Gasteiger partial charge in [-0.1, -0.05) is 39.8 Å². The zero-order valence-corrected chi connectivity index (χ0v) is 20.0. The molecule has 0 unspecified atom stereocenters. The molecule has 0 spiro atoms. The zero-order chi connectivity index (χ0) is 21.6. The minimum absolute atomic E-state index is 0.399.